The van der Waals surface area contributed by atoms with Crippen LogP contribution in [0.4, 0.5) is 28.0 Å². The van der Waals surface area contributed by atoms with Gasteiger partial charge in [0.05, 0.1) is 17.1 Å². The fraction of sp³-hybridized carbons (Fsp3) is 0.281. The van der Waals surface area contributed by atoms with Crippen molar-refractivity contribution in [1.29, 1.82) is 0 Å². The van der Waals surface area contributed by atoms with Gasteiger partial charge in [-0.05, 0) is 71.8 Å². The van der Waals surface area contributed by atoms with Crippen molar-refractivity contribution in [2.24, 2.45) is 4.99 Å². The number of carbonyl (C=O) groups excluding carboxylic acids is 2. The zero-order valence-electron chi connectivity index (χ0n) is 25.1. The molecule has 9 nitrogen and oxygen atoms in total. The summed E-state index contributed by atoms with van der Waals surface area (Å²) in [5.74, 6) is -0.317. The number of aromatic nitrogens is 3. The molecule has 1 saturated heterocycles. The number of urea groups is 1. The molecule has 1 unspecified atom stereocenters. The zero-order valence-corrected chi connectivity index (χ0v) is 25.9. The Morgan fingerprint density at radius 2 is 1.78 bits per heavy atom. The first-order chi connectivity index (χ1) is 21.9. The van der Waals surface area contributed by atoms with E-state index in [1.807, 2.05) is 45.0 Å². The van der Waals surface area contributed by atoms with Crippen LogP contribution in [0.15, 0.2) is 78.0 Å². The minimum atomic E-state index is -4.76. The number of hydrogen-bond acceptors (Lipinski definition) is 6. The van der Waals surface area contributed by atoms with E-state index >= 15 is 0 Å². The number of anilines is 1. The average Bonchev–Trinajstić information content (AvgIpc) is 3.64. The lowest BCUT2D eigenvalue weighted by Crippen LogP contribution is -2.32. The Labute approximate surface area is 266 Å². The number of aliphatic imine (C=N–C) groups is 1. The molecule has 2 heterocycles. The Morgan fingerprint density at radius 3 is 2.46 bits per heavy atom. The van der Waals surface area contributed by atoms with E-state index in [2.05, 4.69) is 25.1 Å². The van der Waals surface area contributed by atoms with Gasteiger partial charge in [0.25, 0.3) is 0 Å². The van der Waals surface area contributed by atoms with Gasteiger partial charge in [-0.15, -0.1) is 18.3 Å². The van der Waals surface area contributed by atoms with Gasteiger partial charge < -0.3 is 10.1 Å². The normalized spacial score (nSPS) is 15.1. The largest absolute Gasteiger partial charge is 0.573 e. The average molecular weight is 655 g/mol. The van der Waals surface area contributed by atoms with E-state index in [-0.39, 0.29) is 34.4 Å². The van der Waals surface area contributed by atoms with Gasteiger partial charge >= 0.3 is 12.4 Å². The number of amidine groups is 1. The van der Waals surface area contributed by atoms with Gasteiger partial charge in [0, 0.05) is 12.1 Å². The zero-order chi connectivity index (χ0) is 33.0. The first kappa shape index (κ1) is 32.7. The van der Waals surface area contributed by atoms with E-state index in [0.29, 0.717) is 35.7 Å². The molecule has 46 heavy (non-hydrogen) atoms. The molecule has 3 amide bonds. The van der Waals surface area contributed by atoms with E-state index in [1.165, 1.54) is 58.4 Å². The highest BCUT2D eigenvalue weighted by Crippen LogP contribution is 2.34. The predicted octanol–water partition coefficient (Wildman–Crippen LogP) is 7.43. The molecule has 1 N–H and O–H groups in total. The van der Waals surface area contributed by atoms with Crippen LogP contribution in [-0.2, 0) is 4.79 Å². The predicted molar refractivity (Wildman–Crippen MR) is 168 cm³/mol. The van der Waals surface area contributed by atoms with Crippen molar-refractivity contribution >= 4 is 34.6 Å². The molecule has 1 fully saturated rings. The van der Waals surface area contributed by atoms with Crippen molar-refractivity contribution in [1.82, 2.24) is 20.1 Å². The van der Waals surface area contributed by atoms with Crippen LogP contribution in [0.3, 0.4) is 0 Å². The molecule has 1 aromatic heterocycles. The molecule has 0 spiro atoms. The summed E-state index contributed by atoms with van der Waals surface area (Å²) in [6, 6.07) is 16.6. The number of halogens is 4. The number of amides is 3. The van der Waals surface area contributed by atoms with Crippen LogP contribution in [0.1, 0.15) is 50.2 Å². The Balaban J connectivity index is 1.16. The molecular weight excluding hydrogens is 624 g/mol. The summed E-state index contributed by atoms with van der Waals surface area (Å²) in [7, 11) is 0. The molecule has 5 rings (SSSR count). The number of alkyl halides is 3. The lowest BCUT2D eigenvalue weighted by Gasteiger charge is -2.21. The third-order valence-electron chi connectivity index (χ3n) is 7.23. The second kappa shape index (κ2) is 13.7. The standard InChI is InChI=1S/C32H30F4N6O3S/c1-19(2)26-16-23(33)8-13-27(26)42-28(43)17-46-31(42)39-30(44)37-15-14-20(3)21-4-6-22(7-5-21)29-38-18-41(40-29)24-9-11-25(12-10-24)45-32(34,35)36/h4-13,16,18-20H,14-15,17H2,1-3H3,(H,37,44). The van der Waals surface area contributed by atoms with Crippen molar-refractivity contribution < 1.29 is 31.9 Å². The number of ether oxygens (including phenoxy) is 1. The second-order valence-electron chi connectivity index (χ2n) is 10.9. The van der Waals surface area contributed by atoms with Gasteiger partial charge in [-0.2, -0.15) is 4.99 Å². The van der Waals surface area contributed by atoms with E-state index in [0.717, 1.165) is 22.9 Å². The van der Waals surface area contributed by atoms with Crippen molar-refractivity contribution in [3.05, 3.63) is 90.0 Å². The fourth-order valence-corrected chi connectivity index (χ4v) is 5.70. The molecule has 240 valence electrons. The number of thioether (sulfide) groups is 1. The minimum Gasteiger partial charge on any atom is -0.406 e. The van der Waals surface area contributed by atoms with Crippen molar-refractivity contribution in [2.75, 3.05) is 17.2 Å². The van der Waals surface area contributed by atoms with Crippen LogP contribution >= 0.6 is 11.8 Å². The molecule has 1 aliphatic heterocycles. The van der Waals surface area contributed by atoms with E-state index in [4.69, 9.17) is 0 Å². The van der Waals surface area contributed by atoms with Gasteiger partial charge in [-0.25, -0.2) is 18.9 Å². The Hall–Kier alpha value is -4.72. The topological polar surface area (TPSA) is 102 Å². The number of carbonyl (C=O) groups is 2. The molecule has 0 saturated carbocycles. The van der Waals surface area contributed by atoms with E-state index in [9.17, 15) is 27.2 Å². The highest BCUT2D eigenvalue weighted by molar-refractivity contribution is 8.15. The quantitative estimate of drug-likeness (QED) is 0.188. The molecule has 1 atom stereocenters. The maximum atomic E-state index is 13.9. The smallest absolute Gasteiger partial charge is 0.406 e. The lowest BCUT2D eigenvalue weighted by molar-refractivity contribution is -0.274. The van der Waals surface area contributed by atoms with Crippen molar-refractivity contribution in [2.45, 2.75) is 45.4 Å². The van der Waals surface area contributed by atoms with E-state index in [1.54, 1.807) is 0 Å². The first-order valence-corrected chi connectivity index (χ1v) is 15.4. The molecule has 1 aliphatic rings. The van der Waals surface area contributed by atoms with Gasteiger partial charge in [0.1, 0.15) is 17.9 Å². The SMILES string of the molecule is CC(C)c1cc(F)ccc1N1C(=O)CSC1=NC(=O)NCCC(C)c1ccc(-c2ncn(-c3ccc(OC(F)(F)F)cc3)n2)cc1. The van der Waals surface area contributed by atoms with Gasteiger partial charge in [-0.1, -0.05) is 56.8 Å². The maximum absolute atomic E-state index is 13.9. The molecular formula is C32H30F4N6O3S. The Morgan fingerprint density at radius 1 is 1.07 bits per heavy atom. The summed E-state index contributed by atoms with van der Waals surface area (Å²) in [6.07, 6.45) is -2.67. The van der Waals surface area contributed by atoms with Crippen LogP contribution < -0.4 is 15.0 Å². The number of benzene rings is 3. The number of nitrogens with zero attached hydrogens (tertiary/aromatic N) is 5. The van der Waals surface area contributed by atoms with Gasteiger partial charge in [0.15, 0.2) is 11.0 Å². The summed E-state index contributed by atoms with van der Waals surface area (Å²) in [5.41, 5.74) is 3.48. The number of nitrogens with one attached hydrogen (secondary N) is 1. The second-order valence-corrected chi connectivity index (χ2v) is 11.8. The fourth-order valence-electron chi connectivity index (χ4n) is 4.84. The van der Waals surface area contributed by atoms with Crippen LogP contribution in [0.25, 0.3) is 17.1 Å². The van der Waals surface area contributed by atoms with Crippen LogP contribution in [0, 0.1) is 5.82 Å². The lowest BCUT2D eigenvalue weighted by atomic mass is 9.96. The van der Waals surface area contributed by atoms with Gasteiger partial charge in [0.2, 0.25) is 5.91 Å². The third kappa shape index (κ3) is 7.91. The van der Waals surface area contributed by atoms with Crippen molar-refractivity contribution in [3.63, 3.8) is 0 Å². The molecule has 0 bridgehead atoms. The van der Waals surface area contributed by atoms with Crippen LogP contribution in [0.2, 0.25) is 0 Å². The summed E-state index contributed by atoms with van der Waals surface area (Å²) < 4.78 is 56.5. The number of rotatable bonds is 9. The highest BCUT2D eigenvalue weighted by Gasteiger charge is 2.33. The van der Waals surface area contributed by atoms with E-state index < -0.39 is 18.2 Å². The molecule has 0 radical (unpaired) electrons. The summed E-state index contributed by atoms with van der Waals surface area (Å²) in [5, 5.41) is 7.47. The Kier molecular flexibility index (Phi) is 9.75. The molecule has 3 aromatic carbocycles. The minimum absolute atomic E-state index is 0.0421. The highest BCUT2D eigenvalue weighted by atomic mass is 32.2. The third-order valence-corrected chi connectivity index (χ3v) is 8.16. The summed E-state index contributed by atoms with van der Waals surface area (Å²) in [6.45, 7) is 6.19. The molecule has 14 heteroatoms. The van der Waals surface area contributed by atoms with Crippen molar-refractivity contribution in [3.8, 4) is 22.8 Å². The maximum Gasteiger partial charge on any atom is 0.573 e. The molecule has 4 aromatic rings. The van der Waals surface area contributed by atoms with Crippen LogP contribution in [0.5, 0.6) is 5.75 Å². The first-order valence-electron chi connectivity index (χ1n) is 14.4. The summed E-state index contributed by atoms with van der Waals surface area (Å²) in [4.78, 5) is 35.2. The monoisotopic (exact) mass is 654 g/mol. The number of hydrogen-bond donors (Lipinski definition) is 1. The molecule has 0 aliphatic carbocycles. The van der Waals surface area contributed by atoms with Gasteiger partial charge in [-0.3, -0.25) is 9.69 Å². The summed E-state index contributed by atoms with van der Waals surface area (Å²) >= 11 is 1.16. The van der Waals surface area contributed by atoms with Crippen LogP contribution in [-0.4, -0.2) is 50.5 Å². The Bertz CT molecular complexity index is 1740.